The van der Waals surface area contributed by atoms with Crippen molar-refractivity contribution in [2.75, 3.05) is 19.8 Å². The topological polar surface area (TPSA) is 217 Å². The number of hydrogen-bond donors (Lipinski definition) is 8. The number of aliphatic hydroxyl groups excluding tert-OH is 7. The summed E-state index contributed by atoms with van der Waals surface area (Å²) in [5.74, 6) is 1.43. The molecule has 4 aliphatic heterocycles. The number of fused-ring (bicyclic) bond motifs is 7. The Bertz CT molecular complexity index is 1310. The van der Waals surface area contributed by atoms with Crippen LogP contribution in [-0.2, 0) is 28.4 Å². The first-order chi connectivity index (χ1) is 25.1. The molecule has 4 heterocycles. The van der Waals surface area contributed by atoms with Gasteiger partial charge in [-0.2, -0.15) is 0 Å². The van der Waals surface area contributed by atoms with Crippen molar-refractivity contribution >= 4 is 0 Å². The van der Waals surface area contributed by atoms with Crippen molar-refractivity contribution in [3.63, 3.8) is 0 Å². The molecule has 0 aromatic heterocycles. The lowest BCUT2D eigenvalue weighted by Gasteiger charge is -2.62. The van der Waals surface area contributed by atoms with Crippen molar-refractivity contribution in [3.8, 4) is 0 Å². The van der Waals surface area contributed by atoms with Gasteiger partial charge in [0.15, 0.2) is 18.4 Å². The van der Waals surface area contributed by atoms with Gasteiger partial charge in [0.25, 0.3) is 0 Å². The van der Waals surface area contributed by atoms with E-state index in [2.05, 4.69) is 27.7 Å². The van der Waals surface area contributed by atoms with Crippen LogP contribution in [0.15, 0.2) is 0 Å². The Labute approximate surface area is 312 Å². The van der Waals surface area contributed by atoms with Gasteiger partial charge in [0.2, 0.25) is 0 Å². The first kappa shape index (κ1) is 39.3. The molecule has 4 saturated heterocycles. The van der Waals surface area contributed by atoms with Crippen LogP contribution >= 0.6 is 0 Å². The van der Waals surface area contributed by atoms with Crippen molar-refractivity contribution in [1.82, 2.24) is 0 Å². The van der Waals surface area contributed by atoms with E-state index in [1.54, 1.807) is 0 Å². The van der Waals surface area contributed by atoms with Crippen LogP contribution < -0.4 is 0 Å². The molecule has 14 heteroatoms. The van der Waals surface area contributed by atoms with E-state index in [4.69, 9.17) is 28.4 Å². The van der Waals surface area contributed by atoms with Gasteiger partial charge in [-0.1, -0.05) is 27.7 Å². The molecule has 8 aliphatic rings. The van der Waals surface area contributed by atoms with E-state index >= 15 is 0 Å². The molecule has 8 fully saturated rings. The van der Waals surface area contributed by atoms with Crippen LogP contribution in [0.1, 0.15) is 91.9 Å². The molecule has 0 bridgehead atoms. The molecule has 4 saturated carbocycles. The molecule has 0 aromatic rings. The van der Waals surface area contributed by atoms with Crippen LogP contribution in [-0.4, -0.2) is 146 Å². The molecule has 1 spiro atoms. The summed E-state index contributed by atoms with van der Waals surface area (Å²) in [5, 5.41) is 85.4. The molecule has 4 aliphatic carbocycles. The third-order valence-electron chi connectivity index (χ3n) is 16.4. The van der Waals surface area contributed by atoms with Crippen LogP contribution in [0.5, 0.6) is 0 Å². The summed E-state index contributed by atoms with van der Waals surface area (Å²) in [6.45, 7) is 8.58. The van der Waals surface area contributed by atoms with Crippen LogP contribution in [0.25, 0.3) is 0 Å². The van der Waals surface area contributed by atoms with E-state index in [-0.39, 0.29) is 29.0 Å². The SMILES string of the molecule is C[C@H]1CC[C@@]2(OC1)O[C@H]1C[C@H]3[C@@H]4CC[C@@H]5C[C@@H](O[C@@H]6O[C@H](CO)[C@@H](O)[C@H](O)[C@H]6O[C@@H]6O[C@H](CO)[C@@H](O)[C@H](O)[C@H]6O)CC[C@]5(C)[C@H]4CC[C@]3(C)[C@@]1(O)[C@@H]2C. The Kier molecular flexibility index (Phi) is 10.4. The van der Waals surface area contributed by atoms with Gasteiger partial charge >= 0.3 is 0 Å². The van der Waals surface area contributed by atoms with Gasteiger partial charge in [-0.3, -0.25) is 0 Å². The minimum absolute atomic E-state index is 0.0731. The highest BCUT2D eigenvalue weighted by molar-refractivity contribution is 5.23. The fourth-order valence-electron chi connectivity index (χ4n) is 13.1. The highest BCUT2D eigenvalue weighted by Crippen LogP contribution is 2.72. The summed E-state index contributed by atoms with van der Waals surface area (Å²) in [6, 6.07) is 0. The second kappa shape index (κ2) is 14.1. The lowest BCUT2D eigenvalue weighted by atomic mass is 9.44. The summed E-state index contributed by atoms with van der Waals surface area (Å²) in [7, 11) is 0. The Morgan fingerprint density at radius 2 is 1.40 bits per heavy atom. The van der Waals surface area contributed by atoms with E-state index in [9.17, 15) is 40.9 Å². The van der Waals surface area contributed by atoms with E-state index < -0.39 is 86.0 Å². The summed E-state index contributed by atoms with van der Waals surface area (Å²) in [6.07, 6.45) is -6.03. The van der Waals surface area contributed by atoms with Gasteiger partial charge in [-0.25, -0.2) is 0 Å². The maximum absolute atomic E-state index is 12.7. The van der Waals surface area contributed by atoms with Gasteiger partial charge in [-0.15, -0.1) is 0 Å². The van der Waals surface area contributed by atoms with Gasteiger partial charge in [0.1, 0.15) is 54.4 Å². The Hall–Kier alpha value is -0.560. The molecule has 304 valence electrons. The molecule has 53 heavy (non-hydrogen) atoms. The zero-order chi connectivity index (χ0) is 37.8. The van der Waals surface area contributed by atoms with Crippen molar-refractivity contribution < 1.29 is 69.3 Å². The lowest BCUT2D eigenvalue weighted by Crippen LogP contribution is -2.65. The highest BCUT2D eigenvalue weighted by atomic mass is 16.8. The van der Waals surface area contributed by atoms with Crippen LogP contribution in [0.2, 0.25) is 0 Å². The predicted molar refractivity (Wildman–Crippen MR) is 184 cm³/mol. The van der Waals surface area contributed by atoms with Crippen molar-refractivity contribution in [3.05, 3.63) is 0 Å². The maximum Gasteiger partial charge on any atom is 0.187 e. The average molecular weight is 757 g/mol. The molecule has 8 N–H and O–H groups in total. The highest BCUT2D eigenvalue weighted by Gasteiger charge is 2.76. The van der Waals surface area contributed by atoms with Gasteiger partial charge in [0.05, 0.1) is 32.0 Å². The van der Waals surface area contributed by atoms with E-state index in [1.807, 2.05) is 0 Å². The summed E-state index contributed by atoms with van der Waals surface area (Å²) < 4.78 is 37.2. The number of rotatable bonds is 6. The minimum Gasteiger partial charge on any atom is -0.394 e. The summed E-state index contributed by atoms with van der Waals surface area (Å²) >= 11 is 0. The van der Waals surface area contributed by atoms with Gasteiger partial charge in [-0.05, 0) is 92.8 Å². The lowest BCUT2D eigenvalue weighted by molar-refractivity contribution is -0.373. The van der Waals surface area contributed by atoms with E-state index in [0.717, 1.165) is 64.2 Å². The maximum atomic E-state index is 12.7. The third-order valence-corrected chi connectivity index (χ3v) is 16.4. The normalized spacial score (nSPS) is 59.5. The van der Waals surface area contributed by atoms with Crippen molar-refractivity contribution in [2.24, 2.45) is 46.3 Å². The molecular weight excluding hydrogens is 692 g/mol. The van der Waals surface area contributed by atoms with Crippen molar-refractivity contribution in [1.29, 1.82) is 0 Å². The Balaban J connectivity index is 0.954. The molecule has 0 radical (unpaired) electrons. The molecule has 8 rings (SSSR count). The molecule has 0 amide bonds. The monoisotopic (exact) mass is 756 g/mol. The Morgan fingerprint density at radius 3 is 2.08 bits per heavy atom. The smallest absolute Gasteiger partial charge is 0.187 e. The first-order valence-electron chi connectivity index (χ1n) is 20.4. The van der Waals surface area contributed by atoms with Crippen LogP contribution in [0.3, 0.4) is 0 Å². The largest absolute Gasteiger partial charge is 0.394 e. The quantitative estimate of drug-likeness (QED) is 0.174. The van der Waals surface area contributed by atoms with Crippen molar-refractivity contribution in [2.45, 2.75) is 177 Å². The first-order valence-corrected chi connectivity index (χ1v) is 20.4. The molecule has 14 nitrogen and oxygen atoms in total. The summed E-state index contributed by atoms with van der Waals surface area (Å²) in [4.78, 5) is 0. The standard InChI is InChI=1S/C39H64O14/c1-18-7-12-38(48-17-18)19(2)39(47)27(53-38)14-24-22-6-5-20-13-21(8-10-36(20,3)23(22)9-11-37(24,39)4)49-35-33(31(45)29(43)26(16-41)51-35)52-34-32(46)30(44)28(42)25(15-40)50-34/h18-35,40-47H,5-17H2,1-4H3/t18-,19+,20+,21-,22+,23-,24-,25+,26+,27-,28+,29+,30-,31-,32+,33+,34-,35+,36-,37-,38+,39+/m0/s1. The average Bonchev–Trinajstić information content (AvgIpc) is 3.50. The molecule has 0 aromatic carbocycles. The summed E-state index contributed by atoms with van der Waals surface area (Å²) in [5.41, 5.74) is -1.10. The Morgan fingerprint density at radius 1 is 0.698 bits per heavy atom. The molecule has 0 unspecified atom stereocenters. The van der Waals surface area contributed by atoms with Crippen LogP contribution in [0.4, 0.5) is 0 Å². The fourth-order valence-corrected chi connectivity index (χ4v) is 13.1. The number of aliphatic hydroxyl groups is 8. The zero-order valence-corrected chi connectivity index (χ0v) is 31.6. The second-order valence-corrected chi connectivity index (χ2v) is 18.8. The molecular formula is C39H64O14. The number of hydrogen-bond acceptors (Lipinski definition) is 14. The zero-order valence-electron chi connectivity index (χ0n) is 31.6. The van der Waals surface area contributed by atoms with Gasteiger partial charge in [0, 0.05) is 17.8 Å². The minimum atomic E-state index is -1.73. The predicted octanol–water partition coefficient (Wildman–Crippen LogP) is 0.557. The fraction of sp³-hybridized carbons (Fsp3) is 1.00. The van der Waals surface area contributed by atoms with E-state index in [1.165, 1.54) is 0 Å². The van der Waals surface area contributed by atoms with Gasteiger partial charge < -0.3 is 69.3 Å². The number of ether oxygens (including phenoxy) is 6. The third kappa shape index (κ3) is 5.86. The van der Waals surface area contributed by atoms with Crippen LogP contribution in [0, 0.1) is 46.3 Å². The second-order valence-electron chi connectivity index (χ2n) is 18.8. The van der Waals surface area contributed by atoms with E-state index in [0.29, 0.717) is 36.2 Å². The molecule has 22 atom stereocenters.